The summed E-state index contributed by atoms with van der Waals surface area (Å²) in [5.74, 6) is 0.558. The van der Waals surface area contributed by atoms with E-state index in [0.717, 1.165) is 18.4 Å². The van der Waals surface area contributed by atoms with Gasteiger partial charge in [0.1, 0.15) is 6.61 Å². The predicted molar refractivity (Wildman–Crippen MR) is 108 cm³/mol. The van der Waals surface area contributed by atoms with Gasteiger partial charge in [0.05, 0.1) is 12.5 Å². The Morgan fingerprint density at radius 1 is 1.11 bits per heavy atom. The standard InChI is InChI=1S/C23H31NO4/c1-3-27-22(25)21(15-17(2)19-9-10-19)20-11-13-24(14-12-20)23(26)28-16-18-7-5-4-6-8-18/h4-8,19-21H,2-3,9-16H2,1H3. The van der Waals surface area contributed by atoms with Gasteiger partial charge in [-0.15, -0.1) is 0 Å². The molecule has 1 aromatic carbocycles. The Labute approximate surface area is 167 Å². The molecule has 1 amide bonds. The van der Waals surface area contributed by atoms with Crippen LogP contribution in [0.3, 0.4) is 0 Å². The molecule has 1 saturated carbocycles. The molecule has 152 valence electrons. The highest BCUT2D eigenvalue weighted by Gasteiger charge is 2.36. The summed E-state index contributed by atoms with van der Waals surface area (Å²) in [6.45, 7) is 7.95. The van der Waals surface area contributed by atoms with Crippen molar-refractivity contribution >= 4 is 12.1 Å². The summed E-state index contributed by atoms with van der Waals surface area (Å²) >= 11 is 0. The molecule has 0 N–H and O–H groups in total. The summed E-state index contributed by atoms with van der Waals surface area (Å²) in [6.07, 6.45) is 4.41. The topological polar surface area (TPSA) is 55.8 Å². The fraction of sp³-hybridized carbons (Fsp3) is 0.565. The van der Waals surface area contributed by atoms with Crippen LogP contribution >= 0.6 is 0 Å². The van der Waals surface area contributed by atoms with Gasteiger partial charge in [0.2, 0.25) is 0 Å². The van der Waals surface area contributed by atoms with E-state index in [-0.39, 0.29) is 30.5 Å². The van der Waals surface area contributed by atoms with E-state index >= 15 is 0 Å². The van der Waals surface area contributed by atoms with Crippen molar-refractivity contribution in [3.63, 3.8) is 0 Å². The van der Waals surface area contributed by atoms with E-state index < -0.39 is 0 Å². The molecule has 0 aromatic heterocycles. The number of rotatable bonds is 8. The van der Waals surface area contributed by atoms with E-state index in [1.807, 2.05) is 37.3 Å². The first-order valence-corrected chi connectivity index (χ1v) is 10.4. The van der Waals surface area contributed by atoms with Crippen molar-refractivity contribution in [1.82, 2.24) is 4.90 Å². The van der Waals surface area contributed by atoms with Crippen LogP contribution in [0, 0.1) is 17.8 Å². The van der Waals surface area contributed by atoms with Gasteiger partial charge in [-0.25, -0.2) is 4.79 Å². The summed E-state index contributed by atoms with van der Waals surface area (Å²) in [5, 5.41) is 0. The SMILES string of the molecule is C=C(CC(C(=O)OCC)C1CCN(C(=O)OCc2ccccc2)CC1)C1CC1. The molecule has 3 rings (SSSR count). The Morgan fingerprint density at radius 3 is 2.39 bits per heavy atom. The monoisotopic (exact) mass is 385 g/mol. The minimum absolute atomic E-state index is 0.116. The Bertz CT molecular complexity index is 675. The average molecular weight is 386 g/mol. The molecule has 5 heteroatoms. The number of carbonyl (C=O) groups excluding carboxylic acids is 2. The van der Waals surface area contributed by atoms with Gasteiger partial charge in [-0.3, -0.25) is 4.79 Å². The fourth-order valence-electron chi connectivity index (χ4n) is 3.93. The van der Waals surface area contributed by atoms with Gasteiger partial charge in [0.25, 0.3) is 0 Å². The maximum atomic E-state index is 12.5. The highest BCUT2D eigenvalue weighted by molar-refractivity contribution is 5.73. The zero-order valence-electron chi connectivity index (χ0n) is 16.8. The van der Waals surface area contributed by atoms with Crippen molar-refractivity contribution in [3.8, 4) is 0 Å². The number of hydrogen-bond acceptors (Lipinski definition) is 4. The first kappa shape index (κ1) is 20.4. The zero-order valence-corrected chi connectivity index (χ0v) is 16.8. The van der Waals surface area contributed by atoms with Crippen molar-refractivity contribution in [3.05, 3.63) is 48.0 Å². The molecule has 0 bridgehead atoms. The number of hydrogen-bond donors (Lipinski definition) is 0. The maximum Gasteiger partial charge on any atom is 0.410 e. The Morgan fingerprint density at radius 2 is 1.79 bits per heavy atom. The number of likely N-dealkylation sites (tertiary alicyclic amines) is 1. The summed E-state index contributed by atoms with van der Waals surface area (Å²) in [6, 6.07) is 9.68. The van der Waals surface area contributed by atoms with E-state index in [1.165, 1.54) is 18.4 Å². The minimum atomic E-state index is -0.280. The zero-order chi connectivity index (χ0) is 19.9. The van der Waals surface area contributed by atoms with Crippen molar-refractivity contribution < 1.29 is 19.1 Å². The van der Waals surface area contributed by atoms with Gasteiger partial charge >= 0.3 is 12.1 Å². The van der Waals surface area contributed by atoms with Gasteiger partial charge in [0.15, 0.2) is 0 Å². The van der Waals surface area contributed by atoms with Crippen molar-refractivity contribution in [2.45, 2.75) is 45.6 Å². The van der Waals surface area contributed by atoms with Gasteiger partial charge in [0, 0.05) is 13.1 Å². The molecule has 1 saturated heterocycles. The third-order valence-corrected chi connectivity index (χ3v) is 5.80. The van der Waals surface area contributed by atoms with Gasteiger partial charge in [-0.1, -0.05) is 42.5 Å². The van der Waals surface area contributed by atoms with Gasteiger partial charge in [-0.05, 0) is 56.4 Å². The number of carbonyl (C=O) groups is 2. The second-order valence-corrected chi connectivity index (χ2v) is 7.86. The van der Waals surface area contributed by atoms with Crippen LogP contribution in [0.5, 0.6) is 0 Å². The number of ether oxygens (including phenoxy) is 2. The smallest absolute Gasteiger partial charge is 0.410 e. The van der Waals surface area contributed by atoms with Crippen LogP contribution in [0.15, 0.2) is 42.5 Å². The molecule has 2 aliphatic rings. The summed E-state index contributed by atoms with van der Waals surface area (Å²) < 4.78 is 10.8. The Balaban J connectivity index is 1.50. The molecular formula is C23H31NO4. The predicted octanol–water partition coefficient (Wildman–Crippen LogP) is 4.57. The minimum Gasteiger partial charge on any atom is -0.466 e. The number of piperidine rings is 1. The first-order chi connectivity index (χ1) is 13.6. The van der Waals surface area contributed by atoms with Crippen LogP contribution in [0.2, 0.25) is 0 Å². The van der Waals surface area contributed by atoms with Crippen LogP contribution < -0.4 is 0 Å². The molecule has 1 aromatic rings. The molecule has 1 aliphatic heterocycles. The molecule has 2 fully saturated rings. The molecule has 0 radical (unpaired) electrons. The van der Waals surface area contributed by atoms with E-state index in [4.69, 9.17) is 9.47 Å². The number of nitrogens with zero attached hydrogens (tertiary/aromatic N) is 1. The second kappa shape index (κ2) is 9.76. The molecular weight excluding hydrogens is 354 g/mol. The third kappa shape index (κ3) is 5.60. The van der Waals surface area contributed by atoms with Crippen LogP contribution in [-0.4, -0.2) is 36.7 Å². The summed E-state index contributed by atoms with van der Waals surface area (Å²) in [5.41, 5.74) is 2.16. The fourth-order valence-corrected chi connectivity index (χ4v) is 3.93. The van der Waals surface area contributed by atoms with E-state index in [2.05, 4.69) is 6.58 Å². The lowest BCUT2D eigenvalue weighted by atomic mass is 9.80. The van der Waals surface area contributed by atoms with Gasteiger partial charge < -0.3 is 14.4 Å². The first-order valence-electron chi connectivity index (χ1n) is 10.4. The quantitative estimate of drug-likeness (QED) is 0.486. The third-order valence-electron chi connectivity index (χ3n) is 5.80. The van der Waals surface area contributed by atoms with Gasteiger partial charge in [-0.2, -0.15) is 0 Å². The Kier molecular flexibility index (Phi) is 7.12. The molecule has 1 unspecified atom stereocenters. The molecule has 0 spiro atoms. The molecule has 1 aliphatic carbocycles. The average Bonchev–Trinajstić information content (AvgIpc) is 3.56. The van der Waals surface area contributed by atoms with Crippen molar-refractivity contribution in [1.29, 1.82) is 0 Å². The number of allylic oxidation sites excluding steroid dienone is 1. The number of esters is 1. The van der Waals surface area contributed by atoms with Crippen LogP contribution in [-0.2, 0) is 20.9 Å². The summed E-state index contributed by atoms with van der Waals surface area (Å²) in [4.78, 5) is 26.6. The van der Waals surface area contributed by atoms with Crippen molar-refractivity contribution in [2.75, 3.05) is 19.7 Å². The number of amides is 1. The highest BCUT2D eigenvalue weighted by atomic mass is 16.6. The normalized spacial score (nSPS) is 18.4. The lowest BCUT2D eigenvalue weighted by molar-refractivity contribution is -0.150. The molecule has 28 heavy (non-hydrogen) atoms. The van der Waals surface area contributed by atoms with Crippen LogP contribution in [0.25, 0.3) is 0 Å². The molecule has 1 heterocycles. The Hall–Kier alpha value is -2.30. The molecule has 1 atom stereocenters. The van der Waals surface area contributed by atoms with Crippen LogP contribution in [0.4, 0.5) is 4.79 Å². The lowest BCUT2D eigenvalue weighted by Crippen LogP contribution is -2.42. The second-order valence-electron chi connectivity index (χ2n) is 7.86. The van der Waals surface area contributed by atoms with Crippen molar-refractivity contribution in [2.24, 2.45) is 17.8 Å². The number of benzene rings is 1. The van der Waals surface area contributed by atoms with Crippen LogP contribution in [0.1, 0.15) is 44.6 Å². The largest absolute Gasteiger partial charge is 0.466 e. The van der Waals surface area contributed by atoms with E-state index in [0.29, 0.717) is 32.0 Å². The summed E-state index contributed by atoms with van der Waals surface area (Å²) in [7, 11) is 0. The van der Waals surface area contributed by atoms with E-state index in [9.17, 15) is 9.59 Å². The van der Waals surface area contributed by atoms with E-state index in [1.54, 1.807) is 4.90 Å². The maximum absolute atomic E-state index is 12.5. The lowest BCUT2D eigenvalue weighted by Gasteiger charge is -2.35. The highest BCUT2D eigenvalue weighted by Crippen LogP contribution is 2.41. The molecule has 5 nitrogen and oxygen atoms in total.